The summed E-state index contributed by atoms with van der Waals surface area (Å²) in [5, 5.41) is 2.94. The monoisotopic (exact) mass is 358 g/mol. The van der Waals surface area contributed by atoms with Gasteiger partial charge in [-0.1, -0.05) is 60.7 Å². The first-order valence-corrected chi connectivity index (χ1v) is 10.2. The highest BCUT2D eigenvalue weighted by atomic mass is 32.2. The van der Waals surface area contributed by atoms with Crippen LogP contribution in [-0.2, 0) is 22.2 Å². The van der Waals surface area contributed by atoms with Gasteiger partial charge >= 0.3 is 0 Å². The van der Waals surface area contributed by atoms with Crippen molar-refractivity contribution in [1.29, 1.82) is 0 Å². The van der Waals surface area contributed by atoms with Crippen molar-refractivity contribution in [3.63, 3.8) is 0 Å². The highest BCUT2D eigenvalue weighted by molar-refractivity contribution is 7.88. The smallest absolute Gasteiger partial charge is 0.215 e. The molecule has 2 aromatic carbocycles. The number of nitrogens with one attached hydrogen (secondary N) is 1. The van der Waals surface area contributed by atoms with E-state index in [0.717, 1.165) is 21.8 Å². The summed E-state index contributed by atoms with van der Waals surface area (Å²) in [4.78, 5) is 4.57. The van der Waals surface area contributed by atoms with Gasteiger partial charge in [-0.05, 0) is 5.56 Å². The molecular weight excluding hydrogens is 340 g/mol. The maximum Gasteiger partial charge on any atom is 0.215 e. The molecule has 0 amide bonds. The van der Waals surface area contributed by atoms with E-state index < -0.39 is 10.0 Å². The maximum absolute atomic E-state index is 12.1. The molecule has 0 spiro atoms. The van der Waals surface area contributed by atoms with Gasteiger partial charge in [0.2, 0.25) is 10.0 Å². The Balaban J connectivity index is 1.54. The zero-order valence-electron chi connectivity index (χ0n) is 13.1. The average molecular weight is 358 g/mol. The summed E-state index contributed by atoms with van der Waals surface area (Å²) in [7, 11) is -3.32. The van der Waals surface area contributed by atoms with Crippen LogP contribution in [0.2, 0.25) is 0 Å². The molecule has 0 aliphatic carbocycles. The van der Waals surface area contributed by atoms with Gasteiger partial charge in [0.05, 0.1) is 11.4 Å². The zero-order valence-corrected chi connectivity index (χ0v) is 14.7. The van der Waals surface area contributed by atoms with Crippen LogP contribution in [0.3, 0.4) is 0 Å². The molecule has 0 aliphatic heterocycles. The Morgan fingerprint density at radius 1 is 0.958 bits per heavy atom. The third kappa shape index (κ3) is 4.74. The lowest BCUT2D eigenvalue weighted by atomic mass is 10.2. The molecule has 24 heavy (non-hydrogen) atoms. The van der Waals surface area contributed by atoms with Crippen LogP contribution in [0.25, 0.3) is 10.6 Å². The molecule has 0 radical (unpaired) electrons. The number of rotatable bonds is 7. The predicted molar refractivity (Wildman–Crippen MR) is 98.3 cm³/mol. The standard InChI is InChI=1S/C18H18N2O2S2/c21-24(22,14-15-7-3-1-4-8-15)19-12-11-17-13-23-18(20-17)16-9-5-2-6-10-16/h1-10,13,19H,11-12,14H2. The van der Waals surface area contributed by atoms with Crippen molar-refractivity contribution in [2.75, 3.05) is 6.54 Å². The molecule has 0 aliphatic rings. The molecule has 0 atom stereocenters. The molecule has 124 valence electrons. The predicted octanol–water partition coefficient (Wildman–Crippen LogP) is 3.47. The number of hydrogen-bond acceptors (Lipinski definition) is 4. The summed E-state index contributed by atoms with van der Waals surface area (Å²) in [6.07, 6.45) is 0.581. The Labute approximate surface area is 146 Å². The third-order valence-electron chi connectivity index (χ3n) is 3.48. The average Bonchev–Trinajstić information content (AvgIpc) is 3.05. The fraction of sp³-hybridized carbons (Fsp3) is 0.167. The van der Waals surface area contributed by atoms with Gasteiger partial charge in [-0.2, -0.15) is 0 Å². The van der Waals surface area contributed by atoms with Gasteiger partial charge in [-0.3, -0.25) is 0 Å². The third-order valence-corrected chi connectivity index (χ3v) is 5.77. The van der Waals surface area contributed by atoms with Gasteiger partial charge in [0.15, 0.2) is 0 Å². The molecule has 0 saturated heterocycles. The first-order chi connectivity index (χ1) is 11.6. The molecular formula is C18H18N2O2S2. The summed E-state index contributed by atoms with van der Waals surface area (Å²) in [6, 6.07) is 19.1. The lowest BCUT2D eigenvalue weighted by molar-refractivity contribution is 0.580. The van der Waals surface area contributed by atoms with Crippen molar-refractivity contribution in [3.8, 4) is 10.6 Å². The first-order valence-electron chi connectivity index (χ1n) is 7.63. The first kappa shape index (κ1) is 16.8. The van der Waals surface area contributed by atoms with E-state index in [4.69, 9.17) is 0 Å². The molecule has 4 nitrogen and oxygen atoms in total. The molecule has 1 N–H and O–H groups in total. The Bertz CT molecular complexity index is 876. The molecule has 3 aromatic rings. The molecule has 0 unspecified atom stereocenters. The zero-order chi connectivity index (χ0) is 16.8. The summed E-state index contributed by atoms with van der Waals surface area (Å²) >= 11 is 1.57. The second-order valence-electron chi connectivity index (χ2n) is 5.40. The van der Waals surface area contributed by atoms with Crippen LogP contribution in [0, 0.1) is 0 Å². The number of thiazole rings is 1. The molecule has 3 rings (SSSR count). The van der Waals surface area contributed by atoms with Gasteiger partial charge in [-0.15, -0.1) is 11.3 Å². The van der Waals surface area contributed by atoms with E-state index in [1.807, 2.05) is 66.0 Å². The second-order valence-corrected chi connectivity index (χ2v) is 8.06. The van der Waals surface area contributed by atoms with Crippen molar-refractivity contribution in [2.45, 2.75) is 12.2 Å². The normalized spacial score (nSPS) is 11.5. The minimum absolute atomic E-state index is 0.000169. The highest BCUT2D eigenvalue weighted by Crippen LogP contribution is 2.23. The van der Waals surface area contributed by atoms with Crippen LogP contribution in [-0.4, -0.2) is 19.9 Å². The minimum Gasteiger partial charge on any atom is -0.241 e. The van der Waals surface area contributed by atoms with E-state index in [1.54, 1.807) is 11.3 Å². The van der Waals surface area contributed by atoms with Crippen molar-refractivity contribution in [1.82, 2.24) is 9.71 Å². The van der Waals surface area contributed by atoms with E-state index in [9.17, 15) is 8.42 Å². The molecule has 6 heteroatoms. The lowest BCUT2D eigenvalue weighted by Gasteiger charge is -2.05. The van der Waals surface area contributed by atoms with E-state index in [0.29, 0.717) is 13.0 Å². The maximum atomic E-state index is 12.1. The number of benzene rings is 2. The van der Waals surface area contributed by atoms with Crippen LogP contribution in [0.5, 0.6) is 0 Å². The van der Waals surface area contributed by atoms with Crippen LogP contribution in [0.15, 0.2) is 66.0 Å². The number of hydrogen-bond donors (Lipinski definition) is 1. The van der Waals surface area contributed by atoms with Crippen LogP contribution in [0.4, 0.5) is 0 Å². The largest absolute Gasteiger partial charge is 0.241 e. The summed E-state index contributed by atoms with van der Waals surface area (Å²) < 4.78 is 26.8. The van der Waals surface area contributed by atoms with E-state index >= 15 is 0 Å². The minimum atomic E-state index is -3.32. The van der Waals surface area contributed by atoms with Crippen molar-refractivity contribution >= 4 is 21.4 Å². The van der Waals surface area contributed by atoms with Crippen LogP contribution in [0.1, 0.15) is 11.3 Å². The molecule has 1 aromatic heterocycles. The quantitative estimate of drug-likeness (QED) is 0.703. The van der Waals surface area contributed by atoms with Crippen LogP contribution >= 0.6 is 11.3 Å². The number of sulfonamides is 1. The topological polar surface area (TPSA) is 59.1 Å². The van der Waals surface area contributed by atoms with Gasteiger partial charge < -0.3 is 0 Å². The van der Waals surface area contributed by atoms with E-state index in [1.165, 1.54) is 0 Å². The Morgan fingerprint density at radius 2 is 1.62 bits per heavy atom. The Kier molecular flexibility index (Phi) is 5.40. The number of nitrogens with zero attached hydrogens (tertiary/aromatic N) is 1. The summed E-state index contributed by atoms with van der Waals surface area (Å²) in [5.41, 5.74) is 2.77. The SMILES string of the molecule is O=S(=O)(Cc1ccccc1)NCCc1csc(-c2ccccc2)n1. The number of aromatic nitrogens is 1. The Morgan fingerprint density at radius 3 is 2.33 bits per heavy atom. The second kappa shape index (κ2) is 7.70. The molecule has 0 saturated carbocycles. The highest BCUT2D eigenvalue weighted by Gasteiger charge is 2.11. The Hall–Kier alpha value is -2.02. The van der Waals surface area contributed by atoms with E-state index in [-0.39, 0.29) is 5.75 Å². The summed E-state index contributed by atoms with van der Waals surface area (Å²) in [6.45, 7) is 0.354. The van der Waals surface area contributed by atoms with Crippen molar-refractivity contribution in [3.05, 3.63) is 77.3 Å². The van der Waals surface area contributed by atoms with Gasteiger partial charge in [0.1, 0.15) is 5.01 Å². The fourth-order valence-corrected chi connectivity index (χ4v) is 4.32. The van der Waals surface area contributed by atoms with Crippen LogP contribution < -0.4 is 4.72 Å². The molecule has 1 heterocycles. The van der Waals surface area contributed by atoms with Gasteiger partial charge in [0, 0.05) is 23.9 Å². The van der Waals surface area contributed by atoms with Crippen molar-refractivity contribution < 1.29 is 8.42 Å². The molecule has 0 fully saturated rings. The van der Waals surface area contributed by atoms with E-state index in [2.05, 4.69) is 9.71 Å². The lowest BCUT2D eigenvalue weighted by Crippen LogP contribution is -2.27. The van der Waals surface area contributed by atoms with Gasteiger partial charge in [-0.25, -0.2) is 18.1 Å². The van der Waals surface area contributed by atoms with Crippen molar-refractivity contribution in [2.24, 2.45) is 0 Å². The molecule has 0 bridgehead atoms. The fourth-order valence-electron chi connectivity index (χ4n) is 2.31. The van der Waals surface area contributed by atoms with Gasteiger partial charge in [0.25, 0.3) is 0 Å². The summed E-state index contributed by atoms with van der Waals surface area (Å²) in [5.74, 6) is 0.000169.